The van der Waals surface area contributed by atoms with Crippen molar-refractivity contribution >= 4 is 17.9 Å². The second-order valence-electron chi connectivity index (χ2n) is 5.05. The van der Waals surface area contributed by atoms with Crippen molar-refractivity contribution < 1.29 is 9.59 Å². The van der Waals surface area contributed by atoms with Gasteiger partial charge in [0.2, 0.25) is 11.8 Å². The number of carbonyl (C=O) groups excluding carboxylic acids is 2. The van der Waals surface area contributed by atoms with Crippen molar-refractivity contribution in [1.82, 2.24) is 10.2 Å². The van der Waals surface area contributed by atoms with Gasteiger partial charge < -0.3 is 10.2 Å². The second kappa shape index (κ2) is 6.89. The van der Waals surface area contributed by atoms with Crippen LogP contribution in [0.25, 0.3) is 6.08 Å². The monoisotopic (exact) mass is 272 g/mol. The van der Waals surface area contributed by atoms with Crippen LogP contribution < -0.4 is 5.32 Å². The van der Waals surface area contributed by atoms with Crippen LogP contribution in [0.4, 0.5) is 0 Å². The summed E-state index contributed by atoms with van der Waals surface area (Å²) in [6.45, 7) is 3.73. The normalized spacial score (nSPS) is 14.8. The second-order valence-corrected chi connectivity index (χ2v) is 5.05. The van der Waals surface area contributed by atoms with Crippen molar-refractivity contribution in [3.63, 3.8) is 0 Å². The molecule has 1 saturated heterocycles. The first kappa shape index (κ1) is 14.3. The lowest BCUT2D eigenvalue weighted by Crippen LogP contribution is -2.38. The van der Waals surface area contributed by atoms with Crippen LogP contribution in [-0.2, 0) is 9.59 Å². The van der Waals surface area contributed by atoms with Crippen LogP contribution in [0.15, 0.2) is 30.3 Å². The van der Waals surface area contributed by atoms with Gasteiger partial charge in [0.25, 0.3) is 0 Å². The molecule has 0 spiro atoms. The Hall–Kier alpha value is -2.10. The number of hydrogen-bond acceptors (Lipinski definition) is 2. The Morgan fingerprint density at radius 2 is 1.85 bits per heavy atom. The smallest absolute Gasteiger partial charge is 0.244 e. The molecular weight excluding hydrogens is 252 g/mol. The number of amides is 2. The molecule has 0 aromatic heterocycles. The molecule has 1 aliphatic heterocycles. The molecule has 2 rings (SSSR count). The highest BCUT2D eigenvalue weighted by atomic mass is 16.2. The van der Waals surface area contributed by atoms with E-state index < -0.39 is 0 Å². The molecule has 106 valence electrons. The van der Waals surface area contributed by atoms with Gasteiger partial charge in [-0.15, -0.1) is 0 Å². The Morgan fingerprint density at radius 1 is 1.20 bits per heavy atom. The van der Waals surface area contributed by atoms with Gasteiger partial charge in [0.1, 0.15) is 0 Å². The molecule has 1 fully saturated rings. The zero-order valence-corrected chi connectivity index (χ0v) is 11.8. The number of rotatable bonds is 4. The van der Waals surface area contributed by atoms with E-state index in [0.717, 1.165) is 31.5 Å². The molecule has 0 bridgehead atoms. The molecule has 4 nitrogen and oxygen atoms in total. The first-order valence-electron chi connectivity index (χ1n) is 6.95. The van der Waals surface area contributed by atoms with Gasteiger partial charge in [-0.05, 0) is 31.4 Å². The lowest BCUT2D eigenvalue weighted by Gasteiger charge is -2.14. The fourth-order valence-corrected chi connectivity index (χ4v) is 2.15. The first-order chi connectivity index (χ1) is 9.65. The van der Waals surface area contributed by atoms with E-state index in [9.17, 15) is 9.59 Å². The molecule has 1 aromatic carbocycles. The molecule has 1 aromatic rings. The van der Waals surface area contributed by atoms with E-state index in [2.05, 4.69) is 5.32 Å². The number of aryl methyl sites for hydroxylation is 1. The largest absolute Gasteiger partial charge is 0.343 e. The maximum atomic E-state index is 11.7. The van der Waals surface area contributed by atoms with Crippen molar-refractivity contribution in [2.24, 2.45) is 0 Å². The predicted octanol–water partition coefficient (Wildman–Crippen LogP) is 1.75. The van der Waals surface area contributed by atoms with Gasteiger partial charge in [-0.2, -0.15) is 0 Å². The van der Waals surface area contributed by atoms with Crippen LogP contribution in [0.1, 0.15) is 24.0 Å². The van der Waals surface area contributed by atoms with Crippen LogP contribution in [0.5, 0.6) is 0 Å². The third kappa shape index (κ3) is 4.23. The van der Waals surface area contributed by atoms with Crippen molar-refractivity contribution in [3.05, 3.63) is 41.5 Å². The number of likely N-dealkylation sites (tertiary alicyclic amines) is 1. The number of benzene rings is 1. The van der Waals surface area contributed by atoms with E-state index in [1.807, 2.05) is 31.2 Å². The average Bonchev–Trinajstić information content (AvgIpc) is 2.98. The average molecular weight is 272 g/mol. The topological polar surface area (TPSA) is 49.4 Å². The molecule has 0 saturated carbocycles. The lowest BCUT2D eigenvalue weighted by atomic mass is 10.1. The minimum Gasteiger partial charge on any atom is -0.343 e. The summed E-state index contributed by atoms with van der Waals surface area (Å²) in [5.41, 5.74) is 2.15. The van der Waals surface area contributed by atoms with Crippen LogP contribution in [0, 0.1) is 6.92 Å². The molecule has 0 radical (unpaired) electrons. The Labute approximate surface area is 119 Å². The highest BCUT2D eigenvalue weighted by molar-refractivity contribution is 5.94. The van der Waals surface area contributed by atoms with Gasteiger partial charge in [0, 0.05) is 19.2 Å². The van der Waals surface area contributed by atoms with Crippen molar-refractivity contribution in [2.45, 2.75) is 19.8 Å². The maximum absolute atomic E-state index is 11.7. The minimum atomic E-state index is -0.238. The van der Waals surface area contributed by atoms with Crippen LogP contribution in [0.2, 0.25) is 0 Å². The van der Waals surface area contributed by atoms with Crippen LogP contribution in [0.3, 0.4) is 0 Å². The molecule has 0 unspecified atom stereocenters. The van der Waals surface area contributed by atoms with Gasteiger partial charge >= 0.3 is 0 Å². The highest BCUT2D eigenvalue weighted by Crippen LogP contribution is 2.07. The molecule has 2 amide bonds. The molecule has 0 atom stereocenters. The molecule has 1 aliphatic rings. The summed E-state index contributed by atoms with van der Waals surface area (Å²) in [7, 11) is 0. The fourth-order valence-electron chi connectivity index (χ4n) is 2.15. The Kier molecular flexibility index (Phi) is 4.93. The van der Waals surface area contributed by atoms with E-state index >= 15 is 0 Å². The Bertz CT molecular complexity index is 500. The van der Waals surface area contributed by atoms with Gasteiger partial charge in [-0.1, -0.05) is 29.8 Å². The van der Waals surface area contributed by atoms with E-state index in [1.54, 1.807) is 11.0 Å². The summed E-state index contributed by atoms with van der Waals surface area (Å²) in [6.07, 6.45) is 5.33. The standard InChI is InChI=1S/C16H20N2O2/c1-13-4-6-14(7-5-13)8-9-15(19)17-12-16(20)18-10-2-3-11-18/h4-9H,2-3,10-12H2,1H3,(H,17,19)/b9-8+. The van der Waals surface area contributed by atoms with Gasteiger partial charge in [0.05, 0.1) is 6.54 Å². The zero-order chi connectivity index (χ0) is 14.4. The zero-order valence-electron chi connectivity index (χ0n) is 11.8. The molecule has 0 aliphatic carbocycles. The van der Waals surface area contributed by atoms with Crippen LogP contribution >= 0.6 is 0 Å². The van der Waals surface area contributed by atoms with E-state index in [0.29, 0.717) is 0 Å². The lowest BCUT2D eigenvalue weighted by molar-refractivity contribution is -0.131. The van der Waals surface area contributed by atoms with E-state index in [1.165, 1.54) is 11.6 Å². The highest BCUT2D eigenvalue weighted by Gasteiger charge is 2.17. The molecule has 4 heteroatoms. The predicted molar refractivity (Wildman–Crippen MR) is 79.0 cm³/mol. The Balaban J connectivity index is 1.77. The number of nitrogens with one attached hydrogen (secondary N) is 1. The molecule has 1 heterocycles. The van der Waals surface area contributed by atoms with Gasteiger partial charge in [0.15, 0.2) is 0 Å². The first-order valence-corrected chi connectivity index (χ1v) is 6.95. The SMILES string of the molecule is Cc1ccc(/C=C/C(=O)NCC(=O)N2CCCC2)cc1. The maximum Gasteiger partial charge on any atom is 0.244 e. The minimum absolute atomic E-state index is 0.000383. The number of carbonyl (C=O) groups is 2. The Morgan fingerprint density at radius 3 is 2.50 bits per heavy atom. The van der Waals surface area contributed by atoms with E-state index in [-0.39, 0.29) is 18.4 Å². The third-order valence-electron chi connectivity index (χ3n) is 3.38. The van der Waals surface area contributed by atoms with Gasteiger partial charge in [-0.25, -0.2) is 0 Å². The molecule has 20 heavy (non-hydrogen) atoms. The third-order valence-corrected chi connectivity index (χ3v) is 3.38. The summed E-state index contributed by atoms with van der Waals surface area (Å²) >= 11 is 0. The van der Waals surface area contributed by atoms with Gasteiger partial charge in [-0.3, -0.25) is 9.59 Å². The van der Waals surface area contributed by atoms with E-state index in [4.69, 9.17) is 0 Å². The summed E-state index contributed by atoms with van der Waals surface area (Å²) in [6, 6.07) is 7.89. The summed E-state index contributed by atoms with van der Waals surface area (Å²) in [5, 5.41) is 2.62. The number of nitrogens with zero attached hydrogens (tertiary/aromatic N) is 1. The number of hydrogen-bond donors (Lipinski definition) is 1. The summed E-state index contributed by atoms with van der Waals surface area (Å²) in [4.78, 5) is 25.2. The van der Waals surface area contributed by atoms with Crippen LogP contribution in [-0.4, -0.2) is 36.3 Å². The molecular formula is C16H20N2O2. The van der Waals surface area contributed by atoms with Crippen molar-refractivity contribution in [2.75, 3.05) is 19.6 Å². The fraction of sp³-hybridized carbons (Fsp3) is 0.375. The molecule has 1 N–H and O–H groups in total. The van der Waals surface area contributed by atoms with Crippen molar-refractivity contribution in [1.29, 1.82) is 0 Å². The summed E-state index contributed by atoms with van der Waals surface area (Å²) < 4.78 is 0. The summed E-state index contributed by atoms with van der Waals surface area (Å²) in [5.74, 6) is -0.238. The quantitative estimate of drug-likeness (QED) is 0.849. The van der Waals surface area contributed by atoms with Crippen molar-refractivity contribution in [3.8, 4) is 0 Å².